The van der Waals surface area contributed by atoms with Crippen molar-refractivity contribution in [2.24, 2.45) is 0 Å². The van der Waals surface area contributed by atoms with E-state index in [9.17, 15) is 19.2 Å². The summed E-state index contributed by atoms with van der Waals surface area (Å²) in [7, 11) is 0. The molecule has 1 aliphatic rings. The zero-order chi connectivity index (χ0) is 23.1. The van der Waals surface area contributed by atoms with Gasteiger partial charge in [-0.1, -0.05) is 42.5 Å². The first-order chi connectivity index (χ1) is 15.9. The van der Waals surface area contributed by atoms with Crippen LogP contribution in [0, 0.1) is 0 Å². The molecule has 5 rings (SSSR count). The molecule has 1 amide bonds. The van der Waals surface area contributed by atoms with Gasteiger partial charge in [-0.25, -0.2) is 4.79 Å². The van der Waals surface area contributed by atoms with Gasteiger partial charge in [-0.3, -0.25) is 14.4 Å². The fourth-order valence-electron chi connectivity index (χ4n) is 3.88. The summed E-state index contributed by atoms with van der Waals surface area (Å²) in [5, 5.41) is 3.50. The lowest BCUT2D eigenvalue weighted by Crippen LogP contribution is -2.30. The molecule has 7 nitrogen and oxygen atoms in total. The van der Waals surface area contributed by atoms with Crippen molar-refractivity contribution in [2.45, 2.75) is 13.0 Å². The molecule has 0 saturated carbocycles. The van der Waals surface area contributed by atoms with Gasteiger partial charge in [0.05, 0.1) is 0 Å². The number of benzene rings is 3. The molecular weight excluding hydrogens is 420 g/mol. The fraction of sp³-hybridized carbons (Fsp3) is 0.0769. The van der Waals surface area contributed by atoms with Gasteiger partial charge in [0, 0.05) is 38.8 Å². The summed E-state index contributed by atoms with van der Waals surface area (Å²) in [4.78, 5) is 53.6. The molecule has 1 heterocycles. The van der Waals surface area contributed by atoms with E-state index in [1.807, 2.05) is 24.3 Å². The molecule has 0 saturated heterocycles. The number of anilines is 1. The van der Waals surface area contributed by atoms with Gasteiger partial charge in [-0.05, 0) is 37.3 Å². The molecule has 2 N–H and O–H groups in total. The van der Waals surface area contributed by atoms with Crippen molar-refractivity contribution in [3.63, 3.8) is 0 Å². The Hall–Kier alpha value is -4.52. The number of amides is 1. The molecule has 1 atom stereocenters. The quantitative estimate of drug-likeness (QED) is 0.411. The van der Waals surface area contributed by atoms with Crippen LogP contribution >= 0.6 is 0 Å². The Labute approximate surface area is 188 Å². The van der Waals surface area contributed by atoms with Gasteiger partial charge >= 0.3 is 5.97 Å². The Bertz CT molecular complexity index is 1430. The summed E-state index contributed by atoms with van der Waals surface area (Å²) in [6.45, 7) is 1.46. The fourth-order valence-corrected chi connectivity index (χ4v) is 3.88. The van der Waals surface area contributed by atoms with E-state index in [0.717, 1.165) is 10.9 Å². The van der Waals surface area contributed by atoms with Crippen molar-refractivity contribution in [3.05, 3.63) is 101 Å². The molecule has 1 aliphatic carbocycles. The van der Waals surface area contributed by atoms with Gasteiger partial charge in [-0.15, -0.1) is 0 Å². The van der Waals surface area contributed by atoms with Gasteiger partial charge < -0.3 is 15.0 Å². The maximum Gasteiger partial charge on any atom is 0.355 e. The van der Waals surface area contributed by atoms with Crippen molar-refractivity contribution in [2.75, 3.05) is 5.32 Å². The lowest BCUT2D eigenvalue weighted by molar-refractivity contribution is -0.123. The zero-order valence-corrected chi connectivity index (χ0v) is 17.5. The van der Waals surface area contributed by atoms with Crippen LogP contribution in [0.5, 0.6) is 0 Å². The van der Waals surface area contributed by atoms with Crippen LogP contribution in [-0.4, -0.2) is 34.5 Å². The molecular formula is C26H18N2O5. The summed E-state index contributed by atoms with van der Waals surface area (Å²) in [5.41, 5.74) is 2.56. The molecule has 1 aromatic heterocycles. The molecule has 0 fully saturated rings. The summed E-state index contributed by atoms with van der Waals surface area (Å²) in [5.74, 6) is -1.74. The molecule has 0 aliphatic heterocycles. The third-order valence-electron chi connectivity index (χ3n) is 5.60. The number of H-pyrrole nitrogens is 1. The number of para-hydroxylation sites is 1. The van der Waals surface area contributed by atoms with E-state index in [1.165, 1.54) is 19.1 Å². The third kappa shape index (κ3) is 3.59. The highest BCUT2D eigenvalue weighted by Crippen LogP contribution is 2.29. The van der Waals surface area contributed by atoms with Crippen molar-refractivity contribution >= 4 is 40.0 Å². The minimum atomic E-state index is -1.09. The topological polar surface area (TPSA) is 105 Å². The first kappa shape index (κ1) is 20.4. The van der Waals surface area contributed by atoms with Crippen LogP contribution < -0.4 is 5.32 Å². The van der Waals surface area contributed by atoms with Crippen LogP contribution in [0.25, 0.3) is 10.9 Å². The second-order valence-corrected chi connectivity index (χ2v) is 7.77. The maximum absolute atomic E-state index is 12.9. The molecule has 3 aromatic carbocycles. The van der Waals surface area contributed by atoms with Crippen LogP contribution in [0.15, 0.2) is 72.8 Å². The predicted octanol–water partition coefficient (Wildman–Crippen LogP) is 4.13. The Kier molecular flexibility index (Phi) is 4.86. The molecule has 162 valence electrons. The predicted molar refractivity (Wildman–Crippen MR) is 122 cm³/mol. The summed E-state index contributed by atoms with van der Waals surface area (Å²) < 4.78 is 5.29. The molecule has 0 spiro atoms. The van der Waals surface area contributed by atoms with Crippen LogP contribution in [0.3, 0.4) is 0 Å². The van der Waals surface area contributed by atoms with E-state index in [2.05, 4.69) is 10.3 Å². The van der Waals surface area contributed by atoms with Gasteiger partial charge in [0.1, 0.15) is 5.69 Å². The number of esters is 1. The largest absolute Gasteiger partial charge is 0.448 e. The molecule has 7 heteroatoms. The number of fused-ring (bicyclic) bond motifs is 3. The van der Waals surface area contributed by atoms with Crippen molar-refractivity contribution in [3.8, 4) is 0 Å². The molecule has 0 bridgehead atoms. The second kappa shape index (κ2) is 7.87. The van der Waals surface area contributed by atoms with Crippen LogP contribution in [0.4, 0.5) is 5.69 Å². The number of hydrogen-bond donors (Lipinski definition) is 2. The number of carbonyl (C=O) groups excluding carboxylic acids is 4. The van der Waals surface area contributed by atoms with Crippen molar-refractivity contribution in [1.82, 2.24) is 4.98 Å². The lowest BCUT2D eigenvalue weighted by Gasteiger charge is -2.19. The third-order valence-corrected chi connectivity index (χ3v) is 5.60. The maximum atomic E-state index is 12.9. The number of nitrogens with one attached hydrogen (secondary N) is 2. The smallest absolute Gasteiger partial charge is 0.355 e. The summed E-state index contributed by atoms with van der Waals surface area (Å²) in [6.07, 6.45) is -1.09. The minimum Gasteiger partial charge on any atom is -0.448 e. The molecule has 33 heavy (non-hydrogen) atoms. The van der Waals surface area contributed by atoms with Crippen molar-refractivity contribution < 1.29 is 23.9 Å². The Morgan fingerprint density at radius 2 is 1.45 bits per heavy atom. The number of rotatable bonds is 4. The standard InChI is InChI=1S/C26H18N2O5/c1-14(33-26(32)22-12-15-6-2-5-9-21(15)28-22)25(31)27-16-10-11-19-20(13-16)24(30)18-8-4-3-7-17(18)23(19)29/h2-14,28H,1H3,(H,27,31). The lowest BCUT2D eigenvalue weighted by atomic mass is 9.84. The number of aromatic nitrogens is 1. The Morgan fingerprint density at radius 1 is 0.818 bits per heavy atom. The number of carbonyl (C=O) groups is 4. The minimum absolute atomic E-state index is 0.222. The first-order valence-electron chi connectivity index (χ1n) is 10.3. The highest BCUT2D eigenvalue weighted by molar-refractivity contribution is 6.28. The van der Waals surface area contributed by atoms with Crippen LogP contribution in [0.2, 0.25) is 0 Å². The van der Waals surface area contributed by atoms with Gasteiger partial charge in [-0.2, -0.15) is 0 Å². The van der Waals surface area contributed by atoms with E-state index in [1.54, 1.807) is 36.4 Å². The average molecular weight is 438 g/mol. The van der Waals surface area contributed by atoms with Crippen LogP contribution in [-0.2, 0) is 9.53 Å². The Balaban J connectivity index is 1.31. The summed E-state index contributed by atoms with van der Waals surface area (Å²) in [6, 6.07) is 20.2. The van der Waals surface area contributed by atoms with E-state index >= 15 is 0 Å². The van der Waals surface area contributed by atoms with Crippen molar-refractivity contribution in [1.29, 1.82) is 0 Å². The van der Waals surface area contributed by atoms with E-state index < -0.39 is 18.0 Å². The molecule has 1 unspecified atom stereocenters. The van der Waals surface area contributed by atoms with E-state index in [-0.39, 0.29) is 28.4 Å². The van der Waals surface area contributed by atoms with Gasteiger partial charge in [0.25, 0.3) is 5.91 Å². The number of hydrogen-bond acceptors (Lipinski definition) is 5. The Morgan fingerprint density at radius 3 is 2.18 bits per heavy atom. The highest BCUT2D eigenvalue weighted by atomic mass is 16.5. The number of ketones is 2. The first-order valence-corrected chi connectivity index (χ1v) is 10.3. The zero-order valence-electron chi connectivity index (χ0n) is 17.5. The SMILES string of the molecule is CC(OC(=O)c1cc2ccccc2[nH]1)C(=O)Nc1ccc2c(c1)C(=O)c1ccccc1C2=O. The molecule has 0 radical (unpaired) electrons. The molecule has 4 aromatic rings. The van der Waals surface area contributed by atoms with E-state index in [0.29, 0.717) is 16.8 Å². The number of aromatic amines is 1. The highest BCUT2D eigenvalue weighted by Gasteiger charge is 2.30. The number of ether oxygens (including phenoxy) is 1. The second-order valence-electron chi connectivity index (χ2n) is 7.77. The monoisotopic (exact) mass is 438 g/mol. The normalized spacial score (nSPS) is 13.2. The average Bonchev–Trinajstić information content (AvgIpc) is 3.27. The van der Waals surface area contributed by atoms with E-state index in [4.69, 9.17) is 4.74 Å². The van der Waals surface area contributed by atoms with Gasteiger partial charge in [0.2, 0.25) is 0 Å². The van der Waals surface area contributed by atoms with Gasteiger partial charge in [0.15, 0.2) is 17.7 Å². The summed E-state index contributed by atoms with van der Waals surface area (Å²) >= 11 is 0. The van der Waals surface area contributed by atoms with Crippen LogP contribution in [0.1, 0.15) is 49.3 Å².